The Bertz CT molecular complexity index is 1350. The molecule has 11 nitrogen and oxygen atoms in total. The van der Waals surface area contributed by atoms with E-state index in [2.05, 4.69) is 43.5 Å². The lowest BCUT2D eigenvalue weighted by Crippen LogP contribution is -2.60. The molecule has 1 heterocycles. The highest BCUT2D eigenvalue weighted by molar-refractivity contribution is 5.80. The van der Waals surface area contributed by atoms with Crippen molar-refractivity contribution in [2.24, 2.45) is 0 Å². The van der Waals surface area contributed by atoms with Crippen molar-refractivity contribution in [3.05, 3.63) is 24.3 Å². The summed E-state index contributed by atoms with van der Waals surface area (Å²) in [5, 5.41) is 76.5. The van der Waals surface area contributed by atoms with Gasteiger partial charge in [-0.05, 0) is 44.9 Å². The minimum atomic E-state index is -1.66. The Kier molecular flexibility index (Phi) is 55.5. The second-order valence-electron chi connectivity index (χ2n) is 24.6. The van der Waals surface area contributed by atoms with Gasteiger partial charge in [-0.3, -0.25) is 4.79 Å². The number of carbonyl (C=O) groups is 1. The van der Waals surface area contributed by atoms with Crippen LogP contribution in [0.25, 0.3) is 0 Å². The lowest BCUT2D eigenvalue weighted by atomic mass is 9.98. The van der Waals surface area contributed by atoms with Crippen molar-refractivity contribution < 1.29 is 50.0 Å². The summed E-state index contributed by atoms with van der Waals surface area (Å²) in [7, 11) is 0. The summed E-state index contributed by atoms with van der Waals surface area (Å²) < 4.78 is 11.2. The van der Waals surface area contributed by atoms with Crippen LogP contribution in [0, 0.1) is 0 Å². The van der Waals surface area contributed by atoms with E-state index in [1.165, 1.54) is 257 Å². The summed E-state index contributed by atoms with van der Waals surface area (Å²) >= 11 is 0. The van der Waals surface area contributed by atoms with Crippen molar-refractivity contribution in [1.29, 1.82) is 0 Å². The molecule has 1 amide bonds. The molecule has 8 N–H and O–H groups in total. The van der Waals surface area contributed by atoms with Crippen LogP contribution < -0.4 is 5.32 Å². The fraction of sp³-hybridized carbons (Fsp3) is 0.928. The van der Waals surface area contributed by atoms with Gasteiger partial charge in [-0.25, -0.2) is 0 Å². The molecule has 1 rings (SSSR count). The van der Waals surface area contributed by atoms with Gasteiger partial charge in [0.25, 0.3) is 0 Å². The van der Waals surface area contributed by atoms with Gasteiger partial charge in [0.1, 0.15) is 36.6 Å². The molecule has 1 aliphatic heterocycles. The third-order valence-corrected chi connectivity index (χ3v) is 17.0. The predicted molar refractivity (Wildman–Crippen MR) is 335 cm³/mol. The number of nitrogens with one attached hydrogen (secondary N) is 1. The highest BCUT2D eigenvalue weighted by Gasteiger charge is 2.44. The maximum Gasteiger partial charge on any atom is 0.249 e. The molecule has 0 aliphatic carbocycles. The van der Waals surface area contributed by atoms with Crippen molar-refractivity contribution in [3.63, 3.8) is 0 Å². The third-order valence-electron chi connectivity index (χ3n) is 17.0. The second kappa shape index (κ2) is 58.0. The molecular weight excluding hydrogens is 1000 g/mol. The fourth-order valence-electron chi connectivity index (χ4n) is 11.4. The number of aliphatic hydroxyl groups is 7. The zero-order chi connectivity index (χ0) is 58.2. The number of hydrogen-bond acceptors (Lipinski definition) is 10. The molecule has 0 aromatic rings. The fourth-order valence-corrected chi connectivity index (χ4v) is 11.4. The summed E-state index contributed by atoms with van der Waals surface area (Å²) in [5.41, 5.74) is 0. The van der Waals surface area contributed by atoms with Crippen molar-refractivity contribution >= 4 is 5.91 Å². The number of ether oxygens (including phenoxy) is 2. The first-order chi connectivity index (χ1) is 39.2. The van der Waals surface area contributed by atoms with Crippen molar-refractivity contribution in [3.8, 4) is 0 Å². The lowest BCUT2D eigenvalue weighted by molar-refractivity contribution is -0.303. The Balaban J connectivity index is 2.20. The van der Waals surface area contributed by atoms with Crippen LogP contribution in [0.3, 0.4) is 0 Å². The van der Waals surface area contributed by atoms with Crippen molar-refractivity contribution in [2.75, 3.05) is 13.2 Å². The van der Waals surface area contributed by atoms with Gasteiger partial charge in [-0.2, -0.15) is 0 Å². The number of hydrogen-bond donors (Lipinski definition) is 8. The minimum absolute atomic E-state index is 0.262. The van der Waals surface area contributed by atoms with E-state index in [0.717, 1.165) is 44.9 Å². The molecule has 1 saturated heterocycles. The zero-order valence-corrected chi connectivity index (χ0v) is 52.3. The Labute approximate surface area is 493 Å². The standard InChI is InChI=1S/C69H133NO10/c1-3-5-7-9-11-13-15-17-19-21-23-25-27-28-29-30-31-32-33-35-37-39-41-43-45-47-49-51-53-55-57-62(73)68(78)70-60(59-79-69-67(77)66(76)65(75)63(58-71)80-69)64(74)61(72)56-54-52-50-48-46-44-42-40-38-36-34-26-24-22-20-18-16-14-12-10-8-6-4-2/h23,25,28-29,60-67,69,71-77H,3-22,24,26-27,30-59H2,1-2H3,(H,70,78)/b25-23-,29-28-. The topological polar surface area (TPSA) is 189 Å². The Morgan fingerprint density at radius 1 is 0.438 bits per heavy atom. The van der Waals surface area contributed by atoms with Gasteiger partial charge in [0.05, 0.1) is 25.4 Å². The molecule has 0 aromatic carbocycles. The quantitative estimate of drug-likeness (QED) is 0.0215. The van der Waals surface area contributed by atoms with E-state index in [0.29, 0.717) is 19.3 Å². The molecule has 0 saturated carbocycles. The highest BCUT2D eigenvalue weighted by Crippen LogP contribution is 2.24. The molecule has 9 unspecified atom stereocenters. The molecule has 0 bridgehead atoms. The van der Waals surface area contributed by atoms with Gasteiger partial charge in [-0.1, -0.05) is 321 Å². The highest BCUT2D eigenvalue weighted by atomic mass is 16.7. The van der Waals surface area contributed by atoms with Gasteiger partial charge in [0, 0.05) is 0 Å². The maximum absolute atomic E-state index is 13.2. The SMILES string of the molecule is CCCCCCCCCCC/C=C\C/C=C\CCCCCCCCCCCCCCCCC(O)C(=O)NC(COC1OC(CO)C(O)C(O)C1O)C(O)C(O)CCCCCCCCCCCCCCCCCCCCCCCCC. The van der Waals surface area contributed by atoms with Crippen LogP contribution in [0.5, 0.6) is 0 Å². The molecule has 1 fully saturated rings. The van der Waals surface area contributed by atoms with E-state index in [-0.39, 0.29) is 6.42 Å². The molecule has 0 aromatic heterocycles. The van der Waals surface area contributed by atoms with Crippen molar-refractivity contribution in [2.45, 2.75) is 396 Å². The van der Waals surface area contributed by atoms with E-state index in [1.54, 1.807) is 0 Å². The van der Waals surface area contributed by atoms with Gasteiger partial charge < -0.3 is 50.5 Å². The number of allylic oxidation sites excluding steroid dienone is 4. The molecule has 0 spiro atoms. The van der Waals surface area contributed by atoms with Crippen LogP contribution in [-0.2, 0) is 14.3 Å². The van der Waals surface area contributed by atoms with Gasteiger partial charge in [-0.15, -0.1) is 0 Å². The Morgan fingerprint density at radius 3 is 1.11 bits per heavy atom. The Hall–Kier alpha value is -1.41. The summed E-state index contributed by atoms with van der Waals surface area (Å²) in [6.45, 7) is 3.51. The first-order valence-electron chi connectivity index (χ1n) is 34.7. The van der Waals surface area contributed by atoms with Gasteiger partial charge in [0.2, 0.25) is 5.91 Å². The summed E-state index contributed by atoms with van der Waals surface area (Å²) in [6, 6.07) is -1.17. The average Bonchev–Trinajstić information content (AvgIpc) is 3.47. The van der Waals surface area contributed by atoms with E-state index in [9.17, 15) is 40.5 Å². The molecule has 474 valence electrons. The molecule has 80 heavy (non-hydrogen) atoms. The predicted octanol–water partition coefficient (Wildman–Crippen LogP) is 16.4. The number of unbranched alkanes of at least 4 members (excludes halogenated alkanes) is 45. The summed E-state index contributed by atoms with van der Waals surface area (Å²) in [6.07, 6.45) is 61.1. The zero-order valence-electron chi connectivity index (χ0n) is 52.3. The summed E-state index contributed by atoms with van der Waals surface area (Å²) in [5.74, 6) is -0.691. The number of rotatable bonds is 61. The number of carbonyl (C=O) groups excluding carboxylic acids is 1. The normalized spacial score (nSPS) is 19.3. The second-order valence-corrected chi connectivity index (χ2v) is 24.6. The smallest absolute Gasteiger partial charge is 0.249 e. The molecule has 9 atom stereocenters. The van der Waals surface area contributed by atoms with Crippen molar-refractivity contribution in [1.82, 2.24) is 5.32 Å². The van der Waals surface area contributed by atoms with E-state index < -0.39 is 74.2 Å². The van der Waals surface area contributed by atoms with Crippen LogP contribution in [0.1, 0.15) is 341 Å². The molecule has 1 aliphatic rings. The van der Waals surface area contributed by atoms with Crippen LogP contribution in [0.15, 0.2) is 24.3 Å². The maximum atomic E-state index is 13.2. The van der Waals surface area contributed by atoms with Crippen LogP contribution >= 0.6 is 0 Å². The number of amides is 1. The largest absolute Gasteiger partial charge is 0.394 e. The average molecular weight is 1140 g/mol. The number of aliphatic hydroxyl groups excluding tert-OH is 7. The van der Waals surface area contributed by atoms with E-state index in [4.69, 9.17) is 9.47 Å². The van der Waals surface area contributed by atoms with Crippen LogP contribution in [0.2, 0.25) is 0 Å². The van der Waals surface area contributed by atoms with E-state index >= 15 is 0 Å². The van der Waals surface area contributed by atoms with E-state index in [1.807, 2.05) is 0 Å². The first kappa shape index (κ1) is 76.6. The lowest BCUT2D eigenvalue weighted by Gasteiger charge is -2.40. The monoisotopic (exact) mass is 1140 g/mol. The van der Waals surface area contributed by atoms with Crippen LogP contribution in [0.4, 0.5) is 0 Å². The molecule has 0 radical (unpaired) electrons. The molecule has 11 heteroatoms. The third kappa shape index (κ3) is 45.0. The Morgan fingerprint density at radius 2 is 0.762 bits per heavy atom. The first-order valence-corrected chi connectivity index (χ1v) is 34.7. The minimum Gasteiger partial charge on any atom is -0.394 e. The van der Waals surface area contributed by atoms with Gasteiger partial charge >= 0.3 is 0 Å². The molecular formula is C69H133NO10. The van der Waals surface area contributed by atoms with Gasteiger partial charge in [0.15, 0.2) is 6.29 Å². The van der Waals surface area contributed by atoms with Crippen LogP contribution in [-0.4, -0.2) is 110 Å². The summed E-state index contributed by atoms with van der Waals surface area (Å²) in [4.78, 5) is 13.2.